The van der Waals surface area contributed by atoms with Crippen molar-refractivity contribution in [3.8, 4) is 28.5 Å². The van der Waals surface area contributed by atoms with Crippen molar-refractivity contribution in [1.29, 1.82) is 0 Å². The molecule has 1 N–H and O–H groups in total. The molecule has 7 nitrogen and oxygen atoms in total. The van der Waals surface area contributed by atoms with Crippen molar-refractivity contribution in [1.82, 2.24) is 4.98 Å². The van der Waals surface area contributed by atoms with E-state index in [1.165, 1.54) is 11.3 Å². The highest BCUT2D eigenvalue weighted by atomic mass is 32.1. The second-order valence-electron chi connectivity index (χ2n) is 5.96. The van der Waals surface area contributed by atoms with Crippen molar-refractivity contribution in [2.24, 2.45) is 0 Å². The number of carboxylic acids is 1. The first-order chi connectivity index (χ1) is 14.0. The summed E-state index contributed by atoms with van der Waals surface area (Å²) >= 11 is 1.26. The van der Waals surface area contributed by atoms with Gasteiger partial charge in [0.05, 0.1) is 32.2 Å². The van der Waals surface area contributed by atoms with Gasteiger partial charge in [-0.15, -0.1) is 11.3 Å². The Kier molecular flexibility index (Phi) is 6.56. The molecule has 0 bridgehead atoms. The summed E-state index contributed by atoms with van der Waals surface area (Å²) in [5, 5.41) is 15.0. The number of anilines is 2. The van der Waals surface area contributed by atoms with Crippen LogP contribution in [0.25, 0.3) is 11.3 Å². The summed E-state index contributed by atoms with van der Waals surface area (Å²) in [5.74, 6) is 0.640. The molecule has 0 unspecified atom stereocenters. The van der Waals surface area contributed by atoms with Crippen molar-refractivity contribution in [3.05, 3.63) is 47.3 Å². The zero-order valence-corrected chi connectivity index (χ0v) is 17.2. The van der Waals surface area contributed by atoms with E-state index in [2.05, 4.69) is 10.3 Å². The number of aromatic nitrogens is 1. The lowest BCUT2D eigenvalue weighted by Gasteiger charge is -2.10. The molecule has 0 saturated heterocycles. The number of ether oxygens (including phenoxy) is 3. The predicted molar refractivity (Wildman–Crippen MR) is 110 cm³/mol. The van der Waals surface area contributed by atoms with Crippen LogP contribution in [0.15, 0.2) is 42.5 Å². The van der Waals surface area contributed by atoms with Gasteiger partial charge < -0.3 is 29.4 Å². The quantitative estimate of drug-likeness (QED) is 0.575. The van der Waals surface area contributed by atoms with Gasteiger partial charge in [-0.1, -0.05) is 12.1 Å². The lowest BCUT2D eigenvalue weighted by molar-refractivity contribution is -0.304. The molecule has 1 aromatic heterocycles. The summed E-state index contributed by atoms with van der Waals surface area (Å²) in [7, 11) is 3.10. The maximum absolute atomic E-state index is 11.3. The van der Waals surface area contributed by atoms with E-state index >= 15 is 0 Å². The Balaban J connectivity index is 2.00. The van der Waals surface area contributed by atoms with Crippen LogP contribution in [0.2, 0.25) is 0 Å². The molecule has 3 rings (SSSR count). The molecule has 0 amide bonds. The topological polar surface area (TPSA) is 92.7 Å². The number of nitrogens with one attached hydrogen (secondary N) is 1. The second kappa shape index (κ2) is 9.29. The van der Waals surface area contributed by atoms with Crippen molar-refractivity contribution >= 4 is 28.1 Å². The van der Waals surface area contributed by atoms with Gasteiger partial charge in [-0.05, 0) is 37.3 Å². The fourth-order valence-electron chi connectivity index (χ4n) is 2.83. The lowest BCUT2D eigenvalue weighted by Crippen LogP contribution is -2.24. The molecule has 2 aromatic carbocycles. The monoisotopic (exact) mass is 413 g/mol. The average molecular weight is 413 g/mol. The Labute approximate surface area is 172 Å². The molecule has 0 fully saturated rings. The SMILES string of the molecule is CCOc1ccccc1Nc1nc(-c2ccc(OC)c(OC)c2)c(CC(=O)[O-])s1. The number of hydrogen-bond donors (Lipinski definition) is 1. The van der Waals surface area contributed by atoms with Crippen molar-refractivity contribution in [3.63, 3.8) is 0 Å². The molecule has 0 aliphatic carbocycles. The van der Waals surface area contributed by atoms with Gasteiger partial charge in [-0.3, -0.25) is 0 Å². The Hall–Kier alpha value is -3.26. The van der Waals surface area contributed by atoms with Crippen molar-refractivity contribution in [2.75, 3.05) is 26.1 Å². The lowest BCUT2D eigenvalue weighted by atomic mass is 10.1. The molecule has 0 saturated carbocycles. The number of carbonyl (C=O) groups is 1. The van der Waals surface area contributed by atoms with E-state index in [0.717, 1.165) is 11.3 Å². The summed E-state index contributed by atoms with van der Waals surface area (Å²) in [5.41, 5.74) is 2.03. The molecular weight excluding hydrogens is 392 g/mol. The first-order valence-corrected chi connectivity index (χ1v) is 9.78. The Morgan fingerprint density at radius 2 is 1.86 bits per heavy atom. The van der Waals surface area contributed by atoms with Gasteiger partial charge >= 0.3 is 0 Å². The first kappa shape index (κ1) is 20.5. The number of aliphatic carboxylic acids is 1. The maximum atomic E-state index is 11.3. The number of nitrogens with zero attached hydrogens (tertiary/aromatic N) is 1. The van der Waals surface area contributed by atoms with E-state index in [1.54, 1.807) is 26.4 Å². The van der Waals surface area contributed by atoms with Crippen molar-refractivity contribution < 1.29 is 24.1 Å². The number of para-hydroxylation sites is 2. The number of carbonyl (C=O) groups excluding carboxylic acids is 1. The predicted octanol–water partition coefficient (Wildman–Crippen LogP) is 3.26. The van der Waals surface area contributed by atoms with Crippen LogP contribution in [-0.2, 0) is 11.2 Å². The minimum absolute atomic E-state index is 0.240. The van der Waals surface area contributed by atoms with Gasteiger partial charge in [0.25, 0.3) is 0 Å². The van der Waals surface area contributed by atoms with Gasteiger partial charge in [0, 0.05) is 22.8 Å². The zero-order chi connectivity index (χ0) is 20.8. The molecule has 3 aromatic rings. The van der Waals surface area contributed by atoms with E-state index in [9.17, 15) is 9.90 Å². The Bertz CT molecular complexity index is 1000. The van der Waals surface area contributed by atoms with E-state index in [0.29, 0.717) is 39.6 Å². The number of thiazole rings is 1. The molecule has 152 valence electrons. The number of carboxylic acid groups (broad SMARTS) is 1. The van der Waals surface area contributed by atoms with Crippen LogP contribution in [0.5, 0.6) is 17.2 Å². The fourth-order valence-corrected chi connectivity index (χ4v) is 3.81. The van der Waals surface area contributed by atoms with E-state index < -0.39 is 5.97 Å². The van der Waals surface area contributed by atoms with Gasteiger partial charge in [0.1, 0.15) is 5.75 Å². The summed E-state index contributed by atoms with van der Waals surface area (Å²) in [6.45, 7) is 2.44. The highest BCUT2D eigenvalue weighted by Gasteiger charge is 2.17. The zero-order valence-electron chi connectivity index (χ0n) is 16.4. The van der Waals surface area contributed by atoms with E-state index in [-0.39, 0.29) is 6.42 Å². The third kappa shape index (κ3) is 4.78. The molecule has 29 heavy (non-hydrogen) atoms. The Morgan fingerprint density at radius 3 is 2.55 bits per heavy atom. The third-order valence-electron chi connectivity index (χ3n) is 4.09. The van der Waals surface area contributed by atoms with Crippen LogP contribution >= 0.6 is 11.3 Å². The van der Waals surface area contributed by atoms with Gasteiger partial charge in [-0.25, -0.2) is 4.98 Å². The van der Waals surface area contributed by atoms with E-state index in [4.69, 9.17) is 14.2 Å². The standard InChI is InChI=1S/C21H22N2O5S/c1-4-28-15-8-6-5-7-14(15)22-21-23-20(18(29-21)12-19(24)25)13-9-10-16(26-2)17(11-13)27-3/h5-11H,4,12H2,1-3H3,(H,22,23)(H,24,25)/p-1. The molecule has 0 atom stereocenters. The molecule has 0 aliphatic heterocycles. The van der Waals surface area contributed by atoms with E-state index in [1.807, 2.05) is 37.3 Å². The molecule has 1 heterocycles. The molecule has 0 aliphatic rings. The summed E-state index contributed by atoms with van der Waals surface area (Å²) in [6, 6.07) is 12.8. The normalized spacial score (nSPS) is 10.4. The van der Waals surface area contributed by atoms with Crippen LogP contribution in [0.4, 0.5) is 10.8 Å². The van der Waals surface area contributed by atoms with Gasteiger partial charge in [-0.2, -0.15) is 0 Å². The number of methoxy groups -OCH3 is 2. The highest BCUT2D eigenvalue weighted by Crippen LogP contribution is 2.38. The summed E-state index contributed by atoms with van der Waals surface area (Å²) in [6.07, 6.45) is -0.240. The second-order valence-corrected chi connectivity index (χ2v) is 7.05. The molecule has 0 radical (unpaired) electrons. The van der Waals surface area contributed by atoms with Crippen LogP contribution in [0.1, 0.15) is 11.8 Å². The van der Waals surface area contributed by atoms with Crippen LogP contribution in [0.3, 0.4) is 0 Å². The largest absolute Gasteiger partial charge is 0.550 e. The van der Waals surface area contributed by atoms with Gasteiger partial charge in [0.15, 0.2) is 16.6 Å². The first-order valence-electron chi connectivity index (χ1n) is 8.96. The van der Waals surface area contributed by atoms with Crippen LogP contribution < -0.4 is 24.6 Å². The average Bonchev–Trinajstić information content (AvgIpc) is 3.10. The number of benzene rings is 2. The number of rotatable bonds is 9. The number of hydrogen-bond acceptors (Lipinski definition) is 8. The van der Waals surface area contributed by atoms with Crippen molar-refractivity contribution in [2.45, 2.75) is 13.3 Å². The summed E-state index contributed by atoms with van der Waals surface area (Å²) < 4.78 is 16.3. The molecule has 8 heteroatoms. The van der Waals surface area contributed by atoms with Crippen LogP contribution in [0, 0.1) is 0 Å². The minimum atomic E-state index is -1.17. The minimum Gasteiger partial charge on any atom is -0.550 e. The highest BCUT2D eigenvalue weighted by molar-refractivity contribution is 7.16. The fraction of sp³-hybridized carbons (Fsp3) is 0.238. The third-order valence-corrected chi connectivity index (χ3v) is 5.06. The Morgan fingerprint density at radius 1 is 1.10 bits per heavy atom. The molecular formula is C21H21N2O5S-. The smallest absolute Gasteiger partial charge is 0.188 e. The summed E-state index contributed by atoms with van der Waals surface area (Å²) in [4.78, 5) is 16.5. The van der Waals surface area contributed by atoms with Crippen LogP contribution in [-0.4, -0.2) is 31.8 Å². The molecule has 0 spiro atoms. The maximum Gasteiger partial charge on any atom is 0.188 e. The van der Waals surface area contributed by atoms with Gasteiger partial charge in [0.2, 0.25) is 0 Å².